The largest absolute Gasteiger partial charge is 0.397 e. The number of nitrogens with zero attached hydrogens (tertiary/aromatic N) is 2. The zero-order valence-corrected chi connectivity index (χ0v) is 10.7. The van der Waals surface area contributed by atoms with Crippen molar-refractivity contribution in [3.8, 4) is 0 Å². The standard InChI is InChI=1S/C10H11BrN4O2/c1-15-8(16)3-7(10(15)17)14-9-6(11)2-5(12)4-13-9/h2,4,7H,3,12H2,1H3,(H,13,14). The molecule has 7 heteroatoms. The van der Waals surface area contributed by atoms with Crippen LogP contribution < -0.4 is 11.1 Å². The molecule has 1 aliphatic heterocycles. The Kier molecular flexibility index (Phi) is 3.01. The number of pyridine rings is 1. The van der Waals surface area contributed by atoms with E-state index in [-0.39, 0.29) is 18.2 Å². The van der Waals surface area contributed by atoms with Gasteiger partial charge in [-0.25, -0.2) is 4.98 Å². The highest BCUT2D eigenvalue weighted by atomic mass is 79.9. The first-order valence-corrected chi connectivity index (χ1v) is 5.76. The second-order valence-electron chi connectivity index (χ2n) is 3.79. The summed E-state index contributed by atoms with van der Waals surface area (Å²) in [5.41, 5.74) is 6.08. The van der Waals surface area contributed by atoms with Crippen LogP contribution in [-0.2, 0) is 9.59 Å². The third-order valence-corrected chi connectivity index (χ3v) is 3.16. The molecule has 1 aromatic rings. The van der Waals surface area contributed by atoms with Gasteiger partial charge in [-0.05, 0) is 22.0 Å². The van der Waals surface area contributed by atoms with Gasteiger partial charge in [0, 0.05) is 7.05 Å². The van der Waals surface area contributed by atoms with Crippen LogP contribution in [0.4, 0.5) is 11.5 Å². The van der Waals surface area contributed by atoms with E-state index in [1.54, 1.807) is 6.07 Å². The number of carbonyl (C=O) groups is 2. The van der Waals surface area contributed by atoms with Crippen molar-refractivity contribution < 1.29 is 9.59 Å². The molecule has 90 valence electrons. The molecule has 0 bridgehead atoms. The lowest BCUT2D eigenvalue weighted by Crippen LogP contribution is -2.32. The fourth-order valence-electron chi connectivity index (χ4n) is 1.59. The number of imide groups is 1. The summed E-state index contributed by atoms with van der Waals surface area (Å²) in [5, 5.41) is 2.92. The second kappa shape index (κ2) is 4.33. The molecule has 0 spiro atoms. The van der Waals surface area contributed by atoms with Crippen LogP contribution in [0.2, 0.25) is 0 Å². The van der Waals surface area contributed by atoms with E-state index in [9.17, 15) is 9.59 Å². The molecular weight excluding hydrogens is 288 g/mol. The summed E-state index contributed by atoms with van der Waals surface area (Å²) in [6.07, 6.45) is 1.63. The zero-order valence-electron chi connectivity index (χ0n) is 9.11. The average molecular weight is 299 g/mol. The average Bonchev–Trinajstić information content (AvgIpc) is 2.50. The van der Waals surface area contributed by atoms with Gasteiger partial charge in [0.2, 0.25) is 5.91 Å². The van der Waals surface area contributed by atoms with E-state index in [1.807, 2.05) is 0 Å². The van der Waals surface area contributed by atoms with Crippen LogP contribution in [0.3, 0.4) is 0 Å². The van der Waals surface area contributed by atoms with Gasteiger partial charge in [-0.1, -0.05) is 0 Å². The molecule has 0 saturated carbocycles. The minimum absolute atomic E-state index is 0.147. The molecule has 2 heterocycles. The van der Waals surface area contributed by atoms with Gasteiger partial charge in [0.05, 0.1) is 22.8 Å². The van der Waals surface area contributed by atoms with Gasteiger partial charge in [0.15, 0.2) is 0 Å². The van der Waals surface area contributed by atoms with Crippen molar-refractivity contribution in [3.05, 3.63) is 16.7 Å². The third-order valence-electron chi connectivity index (χ3n) is 2.55. The molecule has 0 radical (unpaired) electrons. The highest BCUT2D eigenvalue weighted by molar-refractivity contribution is 9.10. The van der Waals surface area contributed by atoms with E-state index < -0.39 is 6.04 Å². The van der Waals surface area contributed by atoms with Gasteiger partial charge in [-0.15, -0.1) is 0 Å². The van der Waals surface area contributed by atoms with E-state index >= 15 is 0 Å². The Bertz CT molecular complexity index is 491. The van der Waals surface area contributed by atoms with Crippen molar-refractivity contribution in [3.63, 3.8) is 0 Å². The fraction of sp³-hybridized carbons (Fsp3) is 0.300. The van der Waals surface area contributed by atoms with Crippen LogP contribution in [0.15, 0.2) is 16.7 Å². The van der Waals surface area contributed by atoms with E-state index in [1.165, 1.54) is 13.2 Å². The van der Waals surface area contributed by atoms with E-state index in [0.717, 1.165) is 4.90 Å². The predicted octanol–water partition coefficient (Wildman–Crippen LogP) is 0.595. The Labute approximate surface area is 106 Å². The van der Waals surface area contributed by atoms with Crippen molar-refractivity contribution in [2.24, 2.45) is 0 Å². The topological polar surface area (TPSA) is 88.3 Å². The van der Waals surface area contributed by atoms with Crippen molar-refractivity contribution in [1.82, 2.24) is 9.88 Å². The number of carbonyl (C=O) groups excluding carboxylic acids is 2. The number of aromatic nitrogens is 1. The lowest BCUT2D eigenvalue weighted by molar-refractivity contribution is -0.136. The lowest BCUT2D eigenvalue weighted by atomic mass is 10.2. The van der Waals surface area contributed by atoms with E-state index in [2.05, 4.69) is 26.2 Å². The fourth-order valence-corrected chi connectivity index (χ4v) is 2.07. The highest BCUT2D eigenvalue weighted by Gasteiger charge is 2.36. The predicted molar refractivity (Wildman–Crippen MR) is 66.2 cm³/mol. The van der Waals surface area contributed by atoms with Crippen LogP contribution >= 0.6 is 15.9 Å². The molecule has 3 N–H and O–H groups in total. The maximum absolute atomic E-state index is 11.7. The number of rotatable bonds is 2. The maximum atomic E-state index is 11.7. The Hall–Kier alpha value is -1.63. The second-order valence-corrected chi connectivity index (χ2v) is 4.65. The first-order valence-electron chi connectivity index (χ1n) is 4.97. The Morgan fingerprint density at radius 2 is 2.29 bits per heavy atom. The number of nitrogen functional groups attached to an aromatic ring is 1. The summed E-state index contributed by atoms with van der Waals surface area (Å²) in [6, 6.07) is 1.13. The third kappa shape index (κ3) is 2.23. The number of nitrogens with two attached hydrogens (primary N) is 1. The van der Waals surface area contributed by atoms with E-state index in [0.29, 0.717) is 16.0 Å². The summed E-state index contributed by atoms with van der Waals surface area (Å²) in [5.74, 6) is 0.0558. The number of halogens is 1. The normalized spacial score (nSPS) is 19.9. The van der Waals surface area contributed by atoms with Crippen LogP contribution in [0, 0.1) is 0 Å². The Balaban J connectivity index is 2.17. The summed E-state index contributed by atoms with van der Waals surface area (Å²) >= 11 is 3.29. The molecular formula is C10H11BrN4O2. The van der Waals surface area contributed by atoms with Crippen LogP contribution in [0.1, 0.15) is 6.42 Å². The van der Waals surface area contributed by atoms with Gasteiger partial charge >= 0.3 is 0 Å². The SMILES string of the molecule is CN1C(=O)CC(Nc2ncc(N)cc2Br)C1=O. The lowest BCUT2D eigenvalue weighted by Gasteiger charge is -2.12. The number of hydrogen-bond donors (Lipinski definition) is 2. The summed E-state index contributed by atoms with van der Waals surface area (Å²) in [7, 11) is 1.47. The van der Waals surface area contributed by atoms with Gasteiger partial charge in [0.1, 0.15) is 11.9 Å². The maximum Gasteiger partial charge on any atom is 0.251 e. The molecule has 1 fully saturated rings. The molecule has 1 saturated heterocycles. The smallest absolute Gasteiger partial charge is 0.251 e. The molecule has 1 unspecified atom stereocenters. The minimum Gasteiger partial charge on any atom is -0.397 e. The molecule has 2 amide bonds. The summed E-state index contributed by atoms with van der Waals surface area (Å²) in [4.78, 5) is 28.2. The first-order chi connectivity index (χ1) is 7.99. The van der Waals surface area contributed by atoms with Crippen molar-refractivity contribution >= 4 is 39.2 Å². The minimum atomic E-state index is -0.556. The van der Waals surface area contributed by atoms with Gasteiger partial charge in [0.25, 0.3) is 5.91 Å². The number of likely N-dealkylation sites (tertiary alicyclic amines) is 1. The van der Waals surface area contributed by atoms with Gasteiger partial charge in [-0.2, -0.15) is 0 Å². The number of anilines is 2. The van der Waals surface area contributed by atoms with Gasteiger partial charge < -0.3 is 11.1 Å². The van der Waals surface area contributed by atoms with Crippen LogP contribution in [0.25, 0.3) is 0 Å². The molecule has 17 heavy (non-hydrogen) atoms. The summed E-state index contributed by atoms with van der Waals surface area (Å²) < 4.78 is 0.660. The molecule has 1 aromatic heterocycles. The number of amides is 2. The van der Waals surface area contributed by atoms with Crippen molar-refractivity contribution in [1.29, 1.82) is 0 Å². The van der Waals surface area contributed by atoms with Crippen molar-refractivity contribution in [2.75, 3.05) is 18.1 Å². The molecule has 1 aliphatic rings. The zero-order chi connectivity index (χ0) is 12.6. The van der Waals surface area contributed by atoms with E-state index in [4.69, 9.17) is 5.73 Å². The molecule has 0 aliphatic carbocycles. The molecule has 2 rings (SSSR count). The molecule has 1 atom stereocenters. The highest BCUT2D eigenvalue weighted by Crippen LogP contribution is 2.24. The van der Waals surface area contributed by atoms with Crippen molar-refractivity contribution in [2.45, 2.75) is 12.5 Å². The monoisotopic (exact) mass is 298 g/mol. The number of hydrogen-bond acceptors (Lipinski definition) is 5. The quantitative estimate of drug-likeness (QED) is 0.781. The Morgan fingerprint density at radius 3 is 2.82 bits per heavy atom. The number of likely N-dealkylation sites (N-methyl/N-ethyl adjacent to an activating group) is 1. The molecule has 6 nitrogen and oxygen atoms in total. The first kappa shape index (κ1) is 11.8. The number of nitrogens with one attached hydrogen (secondary N) is 1. The molecule has 0 aromatic carbocycles. The van der Waals surface area contributed by atoms with Gasteiger partial charge in [-0.3, -0.25) is 14.5 Å². The van der Waals surface area contributed by atoms with Crippen LogP contribution in [0.5, 0.6) is 0 Å². The summed E-state index contributed by atoms with van der Waals surface area (Å²) in [6.45, 7) is 0. The Morgan fingerprint density at radius 1 is 1.59 bits per heavy atom. The van der Waals surface area contributed by atoms with Crippen LogP contribution in [-0.4, -0.2) is 34.8 Å².